The summed E-state index contributed by atoms with van der Waals surface area (Å²) in [5, 5.41) is 7.20. The van der Waals surface area contributed by atoms with Crippen molar-refractivity contribution in [3.8, 4) is 11.5 Å². The lowest BCUT2D eigenvalue weighted by Gasteiger charge is -2.16. The summed E-state index contributed by atoms with van der Waals surface area (Å²) in [6, 6.07) is 8.24. The van der Waals surface area contributed by atoms with Gasteiger partial charge in [0.25, 0.3) is 0 Å². The molecule has 0 amide bonds. The fourth-order valence-corrected chi connectivity index (χ4v) is 3.07. The maximum Gasteiger partial charge on any atom is 0.180 e. The summed E-state index contributed by atoms with van der Waals surface area (Å²) in [5.41, 5.74) is 1.28. The number of hydrogen-bond donors (Lipinski definition) is 2. The maximum atomic E-state index is 14.0. The molecule has 2 N–H and O–H groups in total. The summed E-state index contributed by atoms with van der Waals surface area (Å²) < 4.78 is 25.4. The van der Waals surface area contributed by atoms with Gasteiger partial charge < -0.3 is 20.1 Å². The molecule has 0 aromatic heterocycles. The second-order valence-electron chi connectivity index (χ2n) is 5.96. The Morgan fingerprint density at radius 1 is 1.07 bits per heavy atom. The van der Waals surface area contributed by atoms with E-state index in [9.17, 15) is 4.39 Å². The Labute approximate surface area is 170 Å². The molecule has 0 saturated carbocycles. The molecule has 7 heteroatoms. The molecule has 0 unspecified atom stereocenters. The molecule has 0 saturated heterocycles. The molecule has 0 heterocycles. The number of rotatable bonds is 11. The summed E-state index contributed by atoms with van der Waals surface area (Å²) >= 11 is 12.5. The Balaban J connectivity index is 2.10. The van der Waals surface area contributed by atoms with Crippen molar-refractivity contribution in [2.24, 2.45) is 0 Å². The summed E-state index contributed by atoms with van der Waals surface area (Å²) in [6.45, 7) is 4.84. The van der Waals surface area contributed by atoms with Crippen LogP contribution < -0.4 is 20.1 Å². The fourth-order valence-electron chi connectivity index (χ4n) is 2.56. The van der Waals surface area contributed by atoms with Gasteiger partial charge in [0.05, 0.1) is 16.7 Å². The molecule has 2 aromatic rings. The van der Waals surface area contributed by atoms with Gasteiger partial charge in [-0.3, -0.25) is 0 Å². The monoisotopic (exact) mass is 414 g/mol. The van der Waals surface area contributed by atoms with Crippen molar-refractivity contribution in [1.29, 1.82) is 0 Å². The zero-order valence-corrected chi connectivity index (χ0v) is 17.1. The van der Waals surface area contributed by atoms with Crippen LogP contribution in [0.2, 0.25) is 10.0 Å². The Bertz CT molecular complexity index is 724. The zero-order valence-electron chi connectivity index (χ0n) is 15.6. The summed E-state index contributed by atoms with van der Waals surface area (Å²) in [5.74, 6) is 0.500. The van der Waals surface area contributed by atoms with Gasteiger partial charge >= 0.3 is 0 Å². The van der Waals surface area contributed by atoms with Crippen molar-refractivity contribution < 1.29 is 13.9 Å². The Hall–Kier alpha value is -1.53. The highest BCUT2D eigenvalue weighted by molar-refractivity contribution is 6.32. The van der Waals surface area contributed by atoms with Gasteiger partial charge in [0.15, 0.2) is 11.5 Å². The second kappa shape index (κ2) is 11.3. The standard InChI is InChI=1S/C20H25Cl2FN2O2/c1-3-26-19-11-14(12-25-9-5-8-24-2)10-17(22)20(19)27-13-15-16(21)6-4-7-18(15)23/h4,6-7,10-11,24-25H,3,5,8-9,12-13H2,1-2H3. The largest absolute Gasteiger partial charge is 0.490 e. The minimum atomic E-state index is -0.418. The molecule has 148 valence electrons. The molecule has 0 aliphatic heterocycles. The number of benzene rings is 2. The predicted octanol–water partition coefficient (Wildman–Crippen LogP) is 4.81. The first-order valence-corrected chi connectivity index (χ1v) is 9.68. The van der Waals surface area contributed by atoms with E-state index in [0.717, 1.165) is 25.1 Å². The third kappa shape index (κ3) is 6.54. The Morgan fingerprint density at radius 2 is 1.89 bits per heavy atom. The first kappa shape index (κ1) is 21.8. The van der Waals surface area contributed by atoms with Crippen molar-refractivity contribution >= 4 is 23.2 Å². The number of ether oxygens (including phenoxy) is 2. The van der Waals surface area contributed by atoms with Crippen molar-refractivity contribution in [3.63, 3.8) is 0 Å². The third-order valence-electron chi connectivity index (χ3n) is 3.90. The van der Waals surface area contributed by atoms with Crippen LogP contribution in [0.5, 0.6) is 11.5 Å². The summed E-state index contributed by atoms with van der Waals surface area (Å²) in [6.07, 6.45) is 1.03. The van der Waals surface area contributed by atoms with Gasteiger partial charge in [0, 0.05) is 12.1 Å². The number of nitrogens with one attached hydrogen (secondary N) is 2. The SMILES string of the molecule is CCOc1cc(CNCCCNC)cc(Cl)c1OCc1c(F)cccc1Cl. The van der Waals surface area contributed by atoms with Gasteiger partial charge in [-0.1, -0.05) is 29.3 Å². The van der Waals surface area contributed by atoms with E-state index in [4.69, 9.17) is 32.7 Å². The molecular weight excluding hydrogens is 390 g/mol. The van der Waals surface area contributed by atoms with Crippen molar-refractivity contribution in [2.45, 2.75) is 26.5 Å². The molecular formula is C20H25Cl2FN2O2. The predicted molar refractivity (Wildman–Crippen MR) is 109 cm³/mol. The lowest BCUT2D eigenvalue weighted by molar-refractivity contribution is 0.266. The molecule has 0 spiro atoms. The van der Waals surface area contributed by atoms with E-state index in [1.165, 1.54) is 6.07 Å². The summed E-state index contributed by atoms with van der Waals surface area (Å²) in [7, 11) is 1.93. The smallest absolute Gasteiger partial charge is 0.180 e. The van der Waals surface area contributed by atoms with Gasteiger partial charge in [-0.05, 0) is 63.3 Å². The van der Waals surface area contributed by atoms with Crippen LogP contribution >= 0.6 is 23.2 Å². The third-order valence-corrected chi connectivity index (χ3v) is 4.54. The fraction of sp³-hybridized carbons (Fsp3) is 0.400. The highest BCUT2D eigenvalue weighted by atomic mass is 35.5. The van der Waals surface area contributed by atoms with E-state index < -0.39 is 5.82 Å². The molecule has 0 radical (unpaired) electrons. The second-order valence-corrected chi connectivity index (χ2v) is 6.78. The van der Waals surface area contributed by atoms with E-state index >= 15 is 0 Å². The molecule has 0 atom stereocenters. The topological polar surface area (TPSA) is 42.5 Å². The van der Waals surface area contributed by atoms with Crippen LogP contribution in [0.1, 0.15) is 24.5 Å². The lowest BCUT2D eigenvalue weighted by atomic mass is 10.2. The molecule has 0 bridgehead atoms. The molecule has 0 aliphatic rings. The van der Waals surface area contributed by atoms with E-state index in [1.54, 1.807) is 12.1 Å². The van der Waals surface area contributed by atoms with Gasteiger partial charge in [0.1, 0.15) is 12.4 Å². The number of halogens is 3. The normalized spacial score (nSPS) is 10.9. The molecule has 2 aromatic carbocycles. The van der Waals surface area contributed by atoms with Crippen LogP contribution in [0, 0.1) is 5.82 Å². The first-order chi connectivity index (χ1) is 13.1. The van der Waals surface area contributed by atoms with Crippen LogP contribution in [-0.4, -0.2) is 26.7 Å². The minimum absolute atomic E-state index is 0.0348. The quantitative estimate of drug-likeness (QED) is 0.517. The van der Waals surface area contributed by atoms with Crippen LogP contribution in [0.4, 0.5) is 4.39 Å². The zero-order chi connectivity index (χ0) is 19.6. The average Bonchev–Trinajstić information content (AvgIpc) is 2.63. The van der Waals surface area contributed by atoms with Gasteiger partial charge in [-0.2, -0.15) is 0 Å². The van der Waals surface area contributed by atoms with Crippen molar-refractivity contribution in [2.75, 3.05) is 26.7 Å². The van der Waals surface area contributed by atoms with Gasteiger partial charge in [0.2, 0.25) is 0 Å². The maximum absolute atomic E-state index is 14.0. The van der Waals surface area contributed by atoms with Gasteiger partial charge in [-0.15, -0.1) is 0 Å². The van der Waals surface area contributed by atoms with E-state index in [2.05, 4.69) is 10.6 Å². The van der Waals surface area contributed by atoms with Crippen LogP contribution in [0.25, 0.3) is 0 Å². The van der Waals surface area contributed by atoms with Crippen LogP contribution in [0.15, 0.2) is 30.3 Å². The van der Waals surface area contributed by atoms with E-state index in [0.29, 0.717) is 34.7 Å². The Morgan fingerprint density at radius 3 is 2.59 bits per heavy atom. The number of hydrogen-bond acceptors (Lipinski definition) is 4. The van der Waals surface area contributed by atoms with Crippen LogP contribution in [0.3, 0.4) is 0 Å². The van der Waals surface area contributed by atoms with Crippen molar-refractivity contribution in [3.05, 3.63) is 57.3 Å². The first-order valence-electron chi connectivity index (χ1n) is 8.93. The highest BCUT2D eigenvalue weighted by Crippen LogP contribution is 2.37. The minimum Gasteiger partial charge on any atom is -0.490 e. The van der Waals surface area contributed by atoms with Crippen LogP contribution in [-0.2, 0) is 13.2 Å². The Kier molecular flexibility index (Phi) is 9.15. The molecule has 0 aliphatic carbocycles. The summed E-state index contributed by atoms with van der Waals surface area (Å²) in [4.78, 5) is 0. The molecule has 0 fully saturated rings. The molecule has 2 rings (SSSR count). The average molecular weight is 415 g/mol. The van der Waals surface area contributed by atoms with Crippen molar-refractivity contribution in [1.82, 2.24) is 10.6 Å². The van der Waals surface area contributed by atoms with Gasteiger partial charge in [-0.25, -0.2) is 4.39 Å². The molecule has 4 nitrogen and oxygen atoms in total. The lowest BCUT2D eigenvalue weighted by Crippen LogP contribution is -2.19. The van der Waals surface area contributed by atoms with E-state index in [1.807, 2.05) is 26.1 Å². The molecule has 27 heavy (non-hydrogen) atoms. The highest BCUT2D eigenvalue weighted by Gasteiger charge is 2.15. The van der Waals surface area contributed by atoms with E-state index in [-0.39, 0.29) is 12.2 Å².